The zero-order chi connectivity index (χ0) is 17.1. The molecule has 3 rings (SSSR count). The third-order valence-electron chi connectivity index (χ3n) is 4.10. The first-order chi connectivity index (χ1) is 11.6. The van der Waals surface area contributed by atoms with E-state index < -0.39 is 6.04 Å². The summed E-state index contributed by atoms with van der Waals surface area (Å²) in [5.41, 5.74) is 3.41. The number of benzene rings is 2. The van der Waals surface area contributed by atoms with Crippen LogP contribution in [-0.2, 0) is 11.2 Å². The van der Waals surface area contributed by atoms with Gasteiger partial charge in [0.05, 0.1) is 19.9 Å². The molecule has 0 fully saturated rings. The molecule has 2 aromatic carbocycles. The Hall–Kier alpha value is -2.82. The van der Waals surface area contributed by atoms with E-state index in [1.807, 2.05) is 43.3 Å². The molecule has 124 valence electrons. The Labute approximate surface area is 141 Å². The van der Waals surface area contributed by atoms with E-state index in [1.165, 1.54) is 0 Å². The Morgan fingerprint density at radius 3 is 2.42 bits per heavy atom. The molecular weight excluding hydrogens is 304 g/mol. The van der Waals surface area contributed by atoms with Gasteiger partial charge in [0, 0.05) is 23.8 Å². The zero-order valence-corrected chi connectivity index (χ0v) is 14.0. The van der Waals surface area contributed by atoms with Crippen molar-refractivity contribution in [3.8, 4) is 11.5 Å². The second kappa shape index (κ2) is 6.74. The molecule has 5 heteroatoms. The molecule has 0 bridgehead atoms. The second-order valence-electron chi connectivity index (χ2n) is 5.66. The summed E-state index contributed by atoms with van der Waals surface area (Å²) in [6.07, 6.45) is 0.562. The van der Waals surface area contributed by atoms with E-state index in [-0.39, 0.29) is 5.91 Å². The summed E-state index contributed by atoms with van der Waals surface area (Å²) >= 11 is 0. The average Bonchev–Trinajstić information content (AvgIpc) is 2.71. The van der Waals surface area contributed by atoms with Crippen molar-refractivity contribution in [3.05, 3.63) is 53.6 Å². The molecule has 0 saturated carbocycles. The van der Waals surface area contributed by atoms with Gasteiger partial charge in [-0.25, -0.2) is 0 Å². The van der Waals surface area contributed by atoms with E-state index in [2.05, 4.69) is 10.3 Å². The monoisotopic (exact) mass is 324 g/mol. The molecule has 1 heterocycles. The SMILES string of the molecule is COc1cc2c(cc1OC)C(C)=N[C@@H](Cc1ccccc1)C(=O)N2. The molecule has 0 aliphatic carbocycles. The highest BCUT2D eigenvalue weighted by Crippen LogP contribution is 2.35. The number of methoxy groups -OCH3 is 2. The highest BCUT2D eigenvalue weighted by atomic mass is 16.5. The maximum absolute atomic E-state index is 12.6. The molecule has 0 aromatic heterocycles. The minimum atomic E-state index is -0.461. The van der Waals surface area contributed by atoms with Crippen molar-refractivity contribution >= 4 is 17.3 Å². The van der Waals surface area contributed by atoms with Crippen LogP contribution in [-0.4, -0.2) is 31.9 Å². The Morgan fingerprint density at radius 1 is 1.08 bits per heavy atom. The lowest BCUT2D eigenvalue weighted by atomic mass is 10.1. The van der Waals surface area contributed by atoms with Crippen molar-refractivity contribution in [2.24, 2.45) is 4.99 Å². The number of ether oxygens (including phenoxy) is 2. The Bertz CT molecular complexity index is 785. The van der Waals surface area contributed by atoms with Crippen LogP contribution in [0.15, 0.2) is 47.5 Å². The fourth-order valence-corrected chi connectivity index (χ4v) is 2.84. The molecule has 1 atom stereocenters. The van der Waals surface area contributed by atoms with Crippen LogP contribution in [0.2, 0.25) is 0 Å². The fraction of sp³-hybridized carbons (Fsp3) is 0.263. The first kappa shape index (κ1) is 16.1. The van der Waals surface area contributed by atoms with Crippen LogP contribution < -0.4 is 14.8 Å². The molecule has 2 aromatic rings. The number of fused-ring (bicyclic) bond motifs is 1. The van der Waals surface area contributed by atoms with E-state index in [0.29, 0.717) is 23.6 Å². The molecule has 0 spiro atoms. The summed E-state index contributed by atoms with van der Waals surface area (Å²) in [5, 5.41) is 2.96. The van der Waals surface area contributed by atoms with Crippen LogP contribution >= 0.6 is 0 Å². The van der Waals surface area contributed by atoms with Crippen molar-refractivity contribution in [1.82, 2.24) is 0 Å². The molecule has 5 nitrogen and oxygen atoms in total. The first-order valence-corrected chi connectivity index (χ1v) is 7.78. The normalized spacial score (nSPS) is 16.5. The molecule has 0 radical (unpaired) electrons. The predicted octanol–water partition coefficient (Wildman–Crippen LogP) is 3.08. The van der Waals surface area contributed by atoms with E-state index in [4.69, 9.17) is 9.47 Å². The number of amides is 1. The van der Waals surface area contributed by atoms with Crippen LogP contribution in [0, 0.1) is 0 Å². The number of nitrogens with one attached hydrogen (secondary N) is 1. The van der Waals surface area contributed by atoms with E-state index in [9.17, 15) is 4.79 Å². The van der Waals surface area contributed by atoms with E-state index in [1.54, 1.807) is 20.3 Å². The quantitative estimate of drug-likeness (QED) is 0.940. The summed E-state index contributed by atoms with van der Waals surface area (Å²) in [6.45, 7) is 1.91. The predicted molar refractivity (Wildman–Crippen MR) is 94.3 cm³/mol. The molecule has 1 aliphatic heterocycles. The van der Waals surface area contributed by atoms with Gasteiger partial charge in [0.15, 0.2) is 11.5 Å². The number of benzodiazepines with no additional fused rings is 1. The number of carbonyl (C=O) groups excluding carboxylic acids is 1. The first-order valence-electron chi connectivity index (χ1n) is 7.78. The molecule has 1 N–H and O–H groups in total. The van der Waals surface area contributed by atoms with Gasteiger partial charge < -0.3 is 14.8 Å². The average molecular weight is 324 g/mol. The summed E-state index contributed by atoms with van der Waals surface area (Å²) in [6, 6.07) is 13.0. The van der Waals surface area contributed by atoms with Crippen molar-refractivity contribution < 1.29 is 14.3 Å². The van der Waals surface area contributed by atoms with Gasteiger partial charge >= 0.3 is 0 Å². The minimum Gasteiger partial charge on any atom is -0.493 e. The van der Waals surface area contributed by atoms with Gasteiger partial charge in [-0.05, 0) is 18.6 Å². The van der Waals surface area contributed by atoms with Gasteiger partial charge in [0.1, 0.15) is 6.04 Å². The Kier molecular flexibility index (Phi) is 4.51. The molecular formula is C19H20N2O3. The summed E-state index contributed by atoms with van der Waals surface area (Å²) in [7, 11) is 3.16. The standard InChI is InChI=1S/C19H20N2O3/c1-12-14-10-17(23-2)18(24-3)11-15(14)21-19(22)16(20-12)9-13-7-5-4-6-8-13/h4-8,10-11,16H,9H2,1-3H3,(H,21,22)/t16-/m0/s1. The number of aliphatic imine (C=N–C) groups is 1. The van der Waals surface area contributed by atoms with Crippen LogP contribution in [0.4, 0.5) is 5.69 Å². The number of carbonyl (C=O) groups is 1. The number of anilines is 1. The van der Waals surface area contributed by atoms with Gasteiger partial charge in [0.2, 0.25) is 5.91 Å². The molecule has 1 aliphatic rings. The number of rotatable bonds is 4. The second-order valence-corrected chi connectivity index (χ2v) is 5.66. The van der Waals surface area contributed by atoms with Crippen molar-refractivity contribution in [2.75, 3.05) is 19.5 Å². The Balaban J connectivity index is 1.97. The van der Waals surface area contributed by atoms with Gasteiger partial charge in [-0.15, -0.1) is 0 Å². The third kappa shape index (κ3) is 3.11. The molecule has 0 saturated heterocycles. The Morgan fingerprint density at radius 2 is 1.75 bits per heavy atom. The van der Waals surface area contributed by atoms with Gasteiger partial charge in [-0.3, -0.25) is 9.79 Å². The maximum Gasteiger partial charge on any atom is 0.249 e. The number of nitrogens with zero attached hydrogens (tertiary/aromatic N) is 1. The van der Waals surface area contributed by atoms with E-state index in [0.717, 1.165) is 16.8 Å². The summed E-state index contributed by atoms with van der Waals surface area (Å²) in [5.74, 6) is 1.07. The lowest BCUT2D eigenvalue weighted by molar-refractivity contribution is -0.117. The zero-order valence-electron chi connectivity index (χ0n) is 14.0. The number of hydrogen-bond acceptors (Lipinski definition) is 4. The highest BCUT2D eigenvalue weighted by Gasteiger charge is 2.25. The summed E-state index contributed by atoms with van der Waals surface area (Å²) in [4.78, 5) is 17.2. The van der Waals surface area contributed by atoms with Crippen molar-refractivity contribution in [1.29, 1.82) is 0 Å². The lowest BCUT2D eigenvalue weighted by Crippen LogP contribution is -2.27. The van der Waals surface area contributed by atoms with Gasteiger partial charge in [0.25, 0.3) is 0 Å². The maximum atomic E-state index is 12.6. The topological polar surface area (TPSA) is 59.9 Å². The smallest absolute Gasteiger partial charge is 0.249 e. The molecule has 24 heavy (non-hydrogen) atoms. The highest BCUT2D eigenvalue weighted by molar-refractivity contribution is 6.11. The largest absolute Gasteiger partial charge is 0.493 e. The minimum absolute atomic E-state index is 0.121. The van der Waals surface area contributed by atoms with Crippen LogP contribution in [0.5, 0.6) is 11.5 Å². The van der Waals surface area contributed by atoms with Crippen molar-refractivity contribution in [3.63, 3.8) is 0 Å². The van der Waals surface area contributed by atoms with Gasteiger partial charge in [-0.1, -0.05) is 30.3 Å². The van der Waals surface area contributed by atoms with Gasteiger partial charge in [-0.2, -0.15) is 0 Å². The molecule has 1 amide bonds. The third-order valence-corrected chi connectivity index (χ3v) is 4.10. The fourth-order valence-electron chi connectivity index (χ4n) is 2.84. The molecule has 0 unspecified atom stereocenters. The van der Waals surface area contributed by atoms with Crippen LogP contribution in [0.25, 0.3) is 0 Å². The summed E-state index contributed by atoms with van der Waals surface area (Å²) < 4.78 is 10.7. The lowest BCUT2D eigenvalue weighted by Gasteiger charge is -2.13. The number of hydrogen-bond donors (Lipinski definition) is 1. The van der Waals surface area contributed by atoms with Crippen LogP contribution in [0.1, 0.15) is 18.1 Å². The van der Waals surface area contributed by atoms with E-state index >= 15 is 0 Å². The van der Waals surface area contributed by atoms with Crippen LogP contribution in [0.3, 0.4) is 0 Å². The van der Waals surface area contributed by atoms with Crippen molar-refractivity contribution in [2.45, 2.75) is 19.4 Å².